The van der Waals surface area contributed by atoms with Gasteiger partial charge in [-0.3, -0.25) is 4.98 Å². The standard InChI is InChI=1S/C13H16N2/c1-2-11(8-14-4-1)12-6-10-3-5-15-9-13(10)7-12/h1-2,4,6,8,10,13,15H,3,5,7,9H2. The predicted molar refractivity (Wildman–Crippen MR) is 61.3 cm³/mol. The van der Waals surface area contributed by atoms with Crippen molar-refractivity contribution in [2.45, 2.75) is 12.8 Å². The Hall–Kier alpha value is -1.15. The van der Waals surface area contributed by atoms with Crippen LogP contribution in [-0.2, 0) is 0 Å². The normalized spacial score (nSPS) is 29.7. The number of nitrogens with zero attached hydrogens (tertiary/aromatic N) is 1. The van der Waals surface area contributed by atoms with Crippen molar-refractivity contribution in [3.63, 3.8) is 0 Å². The lowest BCUT2D eigenvalue weighted by atomic mass is 9.89. The summed E-state index contributed by atoms with van der Waals surface area (Å²) >= 11 is 0. The predicted octanol–water partition coefficient (Wildman–Crippen LogP) is 2.09. The van der Waals surface area contributed by atoms with Crippen molar-refractivity contribution in [2.75, 3.05) is 13.1 Å². The summed E-state index contributed by atoms with van der Waals surface area (Å²) in [6.07, 6.45) is 8.82. The maximum Gasteiger partial charge on any atom is 0.0342 e. The van der Waals surface area contributed by atoms with Gasteiger partial charge in [-0.25, -0.2) is 0 Å². The average Bonchev–Trinajstić information content (AvgIpc) is 2.74. The van der Waals surface area contributed by atoms with E-state index >= 15 is 0 Å². The Morgan fingerprint density at radius 2 is 2.40 bits per heavy atom. The molecule has 1 saturated heterocycles. The van der Waals surface area contributed by atoms with Crippen LogP contribution in [0.1, 0.15) is 18.4 Å². The fourth-order valence-corrected chi connectivity index (χ4v) is 2.76. The van der Waals surface area contributed by atoms with Gasteiger partial charge in [-0.05, 0) is 55.0 Å². The highest BCUT2D eigenvalue weighted by molar-refractivity contribution is 5.67. The van der Waals surface area contributed by atoms with Crippen LogP contribution >= 0.6 is 0 Å². The van der Waals surface area contributed by atoms with E-state index in [0.717, 1.165) is 11.8 Å². The number of piperidine rings is 1. The molecule has 0 saturated carbocycles. The fraction of sp³-hybridized carbons (Fsp3) is 0.462. The maximum atomic E-state index is 4.19. The molecular weight excluding hydrogens is 184 g/mol. The largest absolute Gasteiger partial charge is 0.316 e. The van der Waals surface area contributed by atoms with Crippen LogP contribution in [-0.4, -0.2) is 18.1 Å². The van der Waals surface area contributed by atoms with Gasteiger partial charge in [0, 0.05) is 12.4 Å². The first-order chi connectivity index (χ1) is 7.43. The number of pyridine rings is 1. The minimum Gasteiger partial charge on any atom is -0.316 e. The molecule has 1 aliphatic carbocycles. The summed E-state index contributed by atoms with van der Waals surface area (Å²) in [5, 5.41) is 3.48. The molecule has 1 aromatic heterocycles. The van der Waals surface area contributed by atoms with Gasteiger partial charge in [-0.1, -0.05) is 12.1 Å². The van der Waals surface area contributed by atoms with Crippen molar-refractivity contribution in [2.24, 2.45) is 11.8 Å². The highest BCUT2D eigenvalue weighted by Crippen LogP contribution is 2.38. The molecule has 2 heteroatoms. The summed E-state index contributed by atoms with van der Waals surface area (Å²) in [5.74, 6) is 1.63. The molecule has 0 radical (unpaired) electrons. The molecule has 78 valence electrons. The summed E-state index contributed by atoms with van der Waals surface area (Å²) in [4.78, 5) is 4.19. The lowest BCUT2D eigenvalue weighted by molar-refractivity contribution is 0.324. The van der Waals surface area contributed by atoms with Gasteiger partial charge in [0.25, 0.3) is 0 Å². The Labute approximate surface area is 90.4 Å². The monoisotopic (exact) mass is 200 g/mol. The molecule has 2 aliphatic rings. The second kappa shape index (κ2) is 3.78. The Kier molecular flexibility index (Phi) is 2.29. The Morgan fingerprint density at radius 1 is 1.40 bits per heavy atom. The Bertz CT molecular complexity index is 369. The van der Waals surface area contributed by atoms with E-state index in [9.17, 15) is 0 Å². The lowest BCUT2D eigenvalue weighted by Gasteiger charge is -2.25. The number of aromatic nitrogens is 1. The molecule has 1 fully saturated rings. The molecule has 0 aromatic carbocycles. The molecule has 0 bridgehead atoms. The summed E-state index contributed by atoms with van der Waals surface area (Å²) in [5.41, 5.74) is 2.81. The third-order valence-electron chi connectivity index (χ3n) is 3.60. The van der Waals surface area contributed by atoms with Crippen LogP contribution in [0.25, 0.3) is 5.57 Å². The topological polar surface area (TPSA) is 24.9 Å². The molecular formula is C13H16N2. The van der Waals surface area contributed by atoms with Crippen LogP contribution in [0.2, 0.25) is 0 Å². The zero-order valence-corrected chi connectivity index (χ0v) is 8.82. The third kappa shape index (κ3) is 1.70. The molecule has 0 spiro atoms. The van der Waals surface area contributed by atoms with Crippen LogP contribution in [0.4, 0.5) is 0 Å². The van der Waals surface area contributed by atoms with Gasteiger partial charge in [-0.15, -0.1) is 0 Å². The highest BCUT2D eigenvalue weighted by atomic mass is 14.9. The average molecular weight is 200 g/mol. The van der Waals surface area contributed by atoms with Crippen LogP contribution < -0.4 is 5.32 Å². The highest BCUT2D eigenvalue weighted by Gasteiger charge is 2.29. The number of hydrogen-bond acceptors (Lipinski definition) is 2. The van der Waals surface area contributed by atoms with Gasteiger partial charge >= 0.3 is 0 Å². The van der Waals surface area contributed by atoms with Gasteiger partial charge in [0.05, 0.1) is 0 Å². The van der Waals surface area contributed by atoms with Crippen molar-refractivity contribution in [3.05, 3.63) is 36.2 Å². The van der Waals surface area contributed by atoms with Crippen LogP contribution in [0.3, 0.4) is 0 Å². The fourth-order valence-electron chi connectivity index (χ4n) is 2.76. The second-order valence-corrected chi connectivity index (χ2v) is 4.55. The van der Waals surface area contributed by atoms with E-state index in [1.807, 2.05) is 18.5 Å². The second-order valence-electron chi connectivity index (χ2n) is 4.55. The van der Waals surface area contributed by atoms with E-state index in [-0.39, 0.29) is 0 Å². The minimum atomic E-state index is 0.807. The first-order valence-corrected chi connectivity index (χ1v) is 5.75. The van der Waals surface area contributed by atoms with Crippen molar-refractivity contribution < 1.29 is 0 Å². The zero-order valence-electron chi connectivity index (χ0n) is 8.82. The van der Waals surface area contributed by atoms with Crippen LogP contribution in [0.15, 0.2) is 30.6 Å². The van der Waals surface area contributed by atoms with Crippen molar-refractivity contribution in [1.29, 1.82) is 0 Å². The molecule has 2 unspecified atom stereocenters. The first kappa shape index (κ1) is 9.10. The molecule has 1 aromatic rings. The smallest absolute Gasteiger partial charge is 0.0342 e. The van der Waals surface area contributed by atoms with Crippen LogP contribution in [0, 0.1) is 11.8 Å². The number of hydrogen-bond donors (Lipinski definition) is 1. The van der Waals surface area contributed by atoms with Gasteiger partial charge < -0.3 is 5.32 Å². The van der Waals surface area contributed by atoms with E-state index in [2.05, 4.69) is 22.4 Å². The molecule has 1 N–H and O–H groups in total. The third-order valence-corrected chi connectivity index (χ3v) is 3.60. The Morgan fingerprint density at radius 3 is 3.20 bits per heavy atom. The van der Waals surface area contributed by atoms with Gasteiger partial charge in [-0.2, -0.15) is 0 Å². The quantitative estimate of drug-likeness (QED) is 0.751. The zero-order chi connectivity index (χ0) is 10.1. The Balaban J connectivity index is 1.84. The van der Waals surface area contributed by atoms with E-state index in [4.69, 9.17) is 0 Å². The van der Waals surface area contributed by atoms with E-state index < -0.39 is 0 Å². The van der Waals surface area contributed by atoms with Crippen LogP contribution in [0.5, 0.6) is 0 Å². The van der Waals surface area contributed by atoms with Gasteiger partial charge in [0.15, 0.2) is 0 Å². The number of rotatable bonds is 1. The van der Waals surface area contributed by atoms with Crippen molar-refractivity contribution in [3.8, 4) is 0 Å². The van der Waals surface area contributed by atoms with Crippen molar-refractivity contribution >= 4 is 5.57 Å². The molecule has 1 aliphatic heterocycles. The summed E-state index contributed by atoms with van der Waals surface area (Å²) in [7, 11) is 0. The van der Waals surface area contributed by atoms with Gasteiger partial charge in [0.2, 0.25) is 0 Å². The number of nitrogens with one attached hydrogen (secondary N) is 1. The summed E-state index contributed by atoms with van der Waals surface area (Å²) in [6.45, 7) is 2.36. The van der Waals surface area contributed by atoms with E-state index in [1.165, 1.54) is 37.1 Å². The van der Waals surface area contributed by atoms with E-state index in [1.54, 1.807) is 0 Å². The number of allylic oxidation sites excluding steroid dienone is 2. The summed E-state index contributed by atoms with van der Waals surface area (Å²) in [6, 6.07) is 4.19. The summed E-state index contributed by atoms with van der Waals surface area (Å²) < 4.78 is 0. The number of fused-ring (bicyclic) bond motifs is 1. The minimum absolute atomic E-state index is 0.807. The maximum absolute atomic E-state index is 4.19. The molecule has 15 heavy (non-hydrogen) atoms. The molecule has 2 heterocycles. The first-order valence-electron chi connectivity index (χ1n) is 5.75. The molecule has 2 atom stereocenters. The SMILES string of the molecule is C1=C(c2cccnc2)CC2CNCCC12. The molecule has 2 nitrogen and oxygen atoms in total. The lowest BCUT2D eigenvalue weighted by Crippen LogP contribution is -2.33. The molecule has 3 rings (SSSR count). The van der Waals surface area contributed by atoms with Crippen molar-refractivity contribution in [1.82, 2.24) is 10.3 Å². The molecule has 0 amide bonds. The van der Waals surface area contributed by atoms with E-state index in [0.29, 0.717) is 0 Å². The van der Waals surface area contributed by atoms with Gasteiger partial charge in [0.1, 0.15) is 0 Å².